The van der Waals surface area contributed by atoms with E-state index in [9.17, 15) is 4.79 Å². The van der Waals surface area contributed by atoms with Gasteiger partial charge >= 0.3 is 0 Å². The van der Waals surface area contributed by atoms with E-state index in [0.717, 1.165) is 0 Å². The van der Waals surface area contributed by atoms with Crippen molar-refractivity contribution in [1.29, 1.82) is 0 Å². The van der Waals surface area contributed by atoms with Crippen molar-refractivity contribution in [3.8, 4) is 0 Å². The molecule has 16 heavy (non-hydrogen) atoms. The van der Waals surface area contributed by atoms with Crippen LogP contribution >= 0.6 is 0 Å². The largest absolute Gasteiger partial charge is 0.350 e. The zero-order valence-electron chi connectivity index (χ0n) is 12.1. The van der Waals surface area contributed by atoms with Gasteiger partial charge in [-0.15, -0.1) is 0 Å². The quantitative estimate of drug-likeness (QED) is 0.778. The number of hydrogen-bond donors (Lipinski definition) is 2. The van der Waals surface area contributed by atoms with Crippen molar-refractivity contribution in [3.05, 3.63) is 0 Å². The topological polar surface area (TPSA) is 41.1 Å². The number of hydrogen-bond acceptors (Lipinski definition) is 2. The van der Waals surface area contributed by atoms with Crippen LogP contribution in [0.3, 0.4) is 0 Å². The van der Waals surface area contributed by atoms with Gasteiger partial charge in [-0.1, -0.05) is 20.8 Å². The van der Waals surface area contributed by atoms with Crippen LogP contribution in [0.25, 0.3) is 0 Å². The van der Waals surface area contributed by atoms with Gasteiger partial charge in [0.2, 0.25) is 5.91 Å². The van der Waals surface area contributed by atoms with E-state index >= 15 is 0 Å². The maximum Gasteiger partial charge on any atom is 0.237 e. The molecule has 0 aromatic carbocycles. The van der Waals surface area contributed by atoms with Crippen LogP contribution in [0.5, 0.6) is 0 Å². The van der Waals surface area contributed by atoms with Gasteiger partial charge in [0.15, 0.2) is 0 Å². The van der Waals surface area contributed by atoms with E-state index in [2.05, 4.69) is 38.3 Å². The number of nitrogens with one attached hydrogen (secondary N) is 2. The van der Waals surface area contributed by atoms with Crippen LogP contribution in [-0.2, 0) is 4.79 Å². The van der Waals surface area contributed by atoms with E-state index in [1.807, 2.05) is 27.7 Å². The minimum absolute atomic E-state index is 0.0589. The summed E-state index contributed by atoms with van der Waals surface area (Å²) >= 11 is 0. The van der Waals surface area contributed by atoms with Crippen LogP contribution in [0, 0.1) is 5.41 Å². The maximum atomic E-state index is 11.8. The third-order valence-corrected chi connectivity index (χ3v) is 2.69. The lowest BCUT2D eigenvalue weighted by Crippen LogP contribution is -2.53. The van der Waals surface area contributed by atoms with Crippen molar-refractivity contribution in [2.24, 2.45) is 5.41 Å². The lowest BCUT2D eigenvalue weighted by Gasteiger charge is -2.32. The molecule has 0 fully saturated rings. The summed E-state index contributed by atoms with van der Waals surface area (Å²) in [5, 5.41) is 6.30. The molecule has 0 saturated heterocycles. The van der Waals surface area contributed by atoms with Crippen LogP contribution in [0.15, 0.2) is 0 Å². The Morgan fingerprint density at radius 2 is 1.44 bits per heavy atom. The Kier molecular flexibility index (Phi) is 4.99. The van der Waals surface area contributed by atoms with Gasteiger partial charge < -0.3 is 10.6 Å². The first-order valence-electron chi connectivity index (χ1n) is 6.01. The minimum atomic E-state index is -0.169. The highest BCUT2D eigenvalue weighted by Gasteiger charge is 2.25. The van der Waals surface area contributed by atoms with Crippen molar-refractivity contribution < 1.29 is 4.79 Å². The van der Waals surface area contributed by atoms with Crippen molar-refractivity contribution >= 4 is 5.91 Å². The van der Waals surface area contributed by atoms with Crippen LogP contribution < -0.4 is 10.6 Å². The zero-order valence-corrected chi connectivity index (χ0v) is 12.1. The first-order valence-corrected chi connectivity index (χ1v) is 6.01. The molecule has 0 aliphatic rings. The molecular formula is C13H28N2O. The molecule has 2 unspecified atom stereocenters. The summed E-state index contributed by atoms with van der Waals surface area (Å²) in [6.07, 6.45) is 0. The van der Waals surface area contributed by atoms with Crippen LogP contribution in [0.2, 0.25) is 0 Å². The highest BCUT2D eigenvalue weighted by molar-refractivity contribution is 5.81. The Morgan fingerprint density at radius 1 is 1.00 bits per heavy atom. The first kappa shape index (κ1) is 15.4. The van der Waals surface area contributed by atoms with E-state index < -0.39 is 0 Å². The van der Waals surface area contributed by atoms with Crippen LogP contribution in [0.1, 0.15) is 55.4 Å². The molecule has 3 nitrogen and oxygen atoms in total. The van der Waals surface area contributed by atoms with Gasteiger partial charge in [-0.3, -0.25) is 4.79 Å². The van der Waals surface area contributed by atoms with E-state index in [4.69, 9.17) is 0 Å². The van der Waals surface area contributed by atoms with E-state index in [-0.39, 0.29) is 22.9 Å². The number of carbonyl (C=O) groups excluding carboxylic acids is 1. The van der Waals surface area contributed by atoms with Crippen LogP contribution in [0.4, 0.5) is 0 Å². The molecule has 1 amide bonds. The van der Waals surface area contributed by atoms with Gasteiger partial charge in [0.05, 0.1) is 6.04 Å². The number of amides is 1. The maximum absolute atomic E-state index is 11.8. The second-order valence-electron chi connectivity index (χ2n) is 6.72. The summed E-state index contributed by atoms with van der Waals surface area (Å²) < 4.78 is 0. The molecule has 96 valence electrons. The average Bonchev–Trinajstić information content (AvgIpc) is 1.98. The van der Waals surface area contributed by atoms with Crippen molar-refractivity contribution in [2.45, 2.75) is 73.0 Å². The zero-order chi connectivity index (χ0) is 13.1. The molecular weight excluding hydrogens is 200 g/mol. The fraction of sp³-hybridized carbons (Fsp3) is 0.923. The molecule has 0 rings (SSSR count). The molecule has 3 heteroatoms. The molecule has 2 N–H and O–H groups in total. The monoisotopic (exact) mass is 228 g/mol. The summed E-state index contributed by atoms with van der Waals surface area (Å²) in [4.78, 5) is 11.8. The molecule has 0 aliphatic heterocycles. The fourth-order valence-electron chi connectivity index (χ4n) is 1.18. The lowest BCUT2D eigenvalue weighted by molar-refractivity contribution is -0.124. The average molecular weight is 228 g/mol. The molecule has 0 aromatic heterocycles. The minimum Gasteiger partial charge on any atom is -0.350 e. The number of carbonyl (C=O) groups is 1. The molecule has 0 aliphatic carbocycles. The Bertz CT molecular complexity index is 235. The lowest BCUT2D eigenvalue weighted by atomic mass is 9.87. The molecule has 0 heterocycles. The Morgan fingerprint density at radius 3 is 1.75 bits per heavy atom. The van der Waals surface area contributed by atoms with Crippen molar-refractivity contribution in [3.63, 3.8) is 0 Å². The smallest absolute Gasteiger partial charge is 0.237 e. The van der Waals surface area contributed by atoms with Gasteiger partial charge in [0, 0.05) is 11.6 Å². The van der Waals surface area contributed by atoms with Gasteiger partial charge in [0.1, 0.15) is 0 Å². The molecule has 0 aromatic rings. The summed E-state index contributed by atoms with van der Waals surface area (Å²) in [5.41, 5.74) is -0.00569. The Hall–Kier alpha value is -0.570. The van der Waals surface area contributed by atoms with Gasteiger partial charge in [0.25, 0.3) is 0 Å². The van der Waals surface area contributed by atoms with Gasteiger partial charge in [-0.2, -0.15) is 0 Å². The summed E-state index contributed by atoms with van der Waals surface area (Å²) in [6.45, 7) is 16.5. The standard InChI is InChI=1S/C13H28N2O/c1-9(11(16)15-13(6,7)8)14-10(2)12(3,4)5/h9-10,14H,1-8H3,(H,15,16). The van der Waals surface area contributed by atoms with Gasteiger partial charge in [-0.25, -0.2) is 0 Å². The normalized spacial score (nSPS) is 16.8. The second-order valence-corrected chi connectivity index (χ2v) is 6.72. The van der Waals surface area contributed by atoms with Gasteiger partial charge in [-0.05, 0) is 40.0 Å². The predicted octanol–water partition coefficient (Wildman–Crippen LogP) is 2.31. The number of rotatable bonds is 3. The first-order chi connectivity index (χ1) is 6.93. The third-order valence-electron chi connectivity index (χ3n) is 2.69. The molecule has 2 atom stereocenters. The van der Waals surface area contributed by atoms with Crippen LogP contribution in [-0.4, -0.2) is 23.5 Å². The van der Waals surface area contributed by atoms with E-state index in [1.165, 1.54) is 0 Å². The molecule has 0 saturated carbocycles. The van der Waals surface area contributed by atoms with Crippen molar-refractivity contribution in [2.75, 3.05) is 0 Å². The molecule has 0 radical (unpaired) electrons. The third kappa shape index (κ3) is 6.11. The molecule has 0 bridgehead atoms. The highest BCUT2D eigenvalue weighted by atomic mass is 16.2. The summed E-state index contributed by atoms with van der Waals surface area (Å²) in [6, 6.07) is 0.140. The second kappa shape index (κ2) is 5.17. The van der Waals surface area contributed by atoms with E-state index in [0.29, 0.717) is 6.04 Å². The summed E-state index contributed by atoms with van der Waals surface area (Å²) in [7, 11) is 0. The summed E-state index contributed by atoms with van der Waals surface area (Å²) in [5.74, 6) is 0.0589. The highest BCUT2D eigenvalue weighted by Crippen LogP contribution is 2.18. The fourth-order valence-corrected chi connectivity index (χ4v) is 1.18. The van der Waals surface area contributed by atoms with Crippen molar-refractivity contribution in [1.82, 2.24) is 10.6 Å². The Labute approximate surface area is 100 Å². The Balaban J connectivity index is 4.27. The van der Waals surface area contributed by atoms with E-state index in [1.54, 1.807) is 0 Å². The predicted molar refractivity (Wildman–Crippen MR) is 69.4 cm³/mol. The molecule has 0 spiro atoms. The SMILES string of the molecule is CC(NC(C)C(C)(C)C)C(=O)NC(C)(C)C.